The third kappa shape index (κ3) is 4.13. The largest absolute Gasteiger partial charge is 0.496 e. The van der Waals surface area contributed by atoms with Gasteiger partial charge in [0, 0.05) is 17.6 Å². The van der Waals surface area contributed by atoms with Gasteiger partial charge in [0.1, 0.15) is 5.75 Å². The van der Waals surface area contributed by atoms with E-state index in [-0.39, 0.29) is 18.0 Å². The lowest BCUT2D eigenvalue weighted by molar-refractivity contribution is 0.0641. The Kier molecular flexibility index (Phi) is 6.26. The van der Waals surface area contributed by atoms with Crippen LogP contribution < -0.4 is 10.5 Å². The van der Waals surface area contributed by atoms with E-state index in [9.17, 15) is 9.59 Å². The molecule has 0 aliphatic carbocycles. The second-order valence-corrected chi connectivity index (χ2v) is 7.18. The lowest BCUT2D eigenvalue weighted by Crippen LogP contribution is -2.42. The normalized spacial score (nSPS) is 11.0. The lowest BCUT2D eigenvalue weighted by atomic mass is 9.92. The Balaban J connectivity index is 2.76. The number of amides is 2. The maximum absolute atomic E-state index is 13.5. The van der Waals surface area contributed by atoms with Crippen molar-refractivity contribution in [2.24, 2.45) is 5.73 Å². The number of primary amides is 1. The Morgan fingerprint density at radius 3 is 2.15 bits per heavy atom. The fourth-order valence-electron chi connectivity index (χ4n) is 3.41. The molecule has 0 heterocycles. The van der Waals surface area contributed by atoms with Crippen molar-refractivity contribution in [2.75, 3.05) is 7.11 Å². The van der Waals surface area contributed by atoms with E-state index >= 15 is 0 Å². The Morgan fingerprint density at radius 1 is 1.00 bits per heavy atom. The molecule has 0 unspecified atom stereocenters. The van der Waals surface area contributed by atoms with Gasteiger partial charge in [-0.1, -0.05) is 18.2 Å². The Morgan fingerprint density at radius 2 is 1.63 bits per heavy atom. The van der Waals surface area contributed by atoms with E-state index < -0.39 is 5.91 Å². The van der Waals surface area contributed by atoms with Crippen LogP contribution in [0.2, 0.25) is 0 Å². The average Bonchev–Trinajstić information content (AvgIpc) is 2.60. The summed E-state index contributed by atoms with van der Waals surface area (Å²) >= 11 is 0. The molecule has 0 atom stereocenters. The van der Waals surface area contributed by atoms with E-state index in [1.54, 1.807) is 25.3 Å². The minimum atomic E-state index is -0.502. The molecule has 2 rings (SSSR count). The summed E-state index contributed by atoms with van der Waals surface area (Å²) in [6, 6.07) is 10.8. The molecule has 0 bridgehead atoms. The first kappa shape index (κ1) is 20.5. The summed E-state index contributed by atoms with van der Waals surface area (Å²) in [6.07, 6.45) is 0. The Hall–Kier alpha value is -2.82. The van der Waals surface area contributed by atoms with E-state index in [0.29, 0.717) is 16.9 Å². The number of rotatable bonds is 6. The number of hydrogen-bond donors (Lipinski definition) is 1. The lowest BCUT2D eigenvalue weighted by Gasteiger charge is -2.32. The quantitative estimate of drug-likeness (QED) is 0.837. The average molecular weight is 368 g/mol. The van der Waals surface area contributed by atoms with Crippen molar-refractivity contribution in [3.63, 3.8) is 0 Å². The predicted octanol–water partition coefficient (Wildman–Crippen LogP) is 4.03. The number of nitrogens with zero attached hydrogens (tertiary/aromatic N) is 1. The van der Waals surface area contributed by atoms with Gasteiger partial charge in [0.15, 0.2) is 0 Å². The first-order valence-electron chi connectivity index (χ1n) is 9.09. The molecule has 2 N–H and O–H groups in total. The molecule has 0 aliphatic rings. The molecule has 2 aromatic rings. The van der Waals surface area contributed by atoms with Gasteiger partial charge in [-0.05, 0) is 69.5 Å². The van der Waals surface area contributed by atoms with Crippen LogP contribution in [0.5, 0.6) is 5.75 Å². The van der Waals surface area contributed by atoms with Gasteiger partial charge in [-0.15, -0.1) is 0 Å². The topological polar surface area (TPSA) is 72.6 Å². The number of ether oxygens (including phenoxy) is 1. The molecule has 0 saturated carbocycles. The van der Waals surface area contributed by atoms with E-state index in [2.05, 4.69) is 0 Å². The van der Waals surface area contributed by atoms with Gasteiger partial charge in [0.25, 0.3) is 5.91 Å². The zero-order chi connectivity index (χ0) is 20.3. The third-order valence-corrected chi connectivity index (χ3v) is 4.62. The smallest absolute Gasteiger partial charge is 0.258 e. The first-order chi connectivity index (χ1) is 12.7. The van der Waals surface area contributed by atoms with Crippen molar-refractivity contribution >= 4 is 11.8 Å². The van der Waals surface area contributed by atoms with Gasteiger partial charge in [0.2, 0.25) is 5.91 Å². The molecule has 0 radical (unpaired) electrons. The van der Waals surface area contributed by atoms with Crippen LogP contribution in [0.25, 0.3) is 11.1 Å². The number of carbonyl (C=O) groups is 2. The Bertz CT molecular complexity index is 849. The summed E-state index contributed by atoms with van der Waals surface area (Å²) in [5.74, 6) is -0.0954. The molecule has 0 aliphatic heterocycles. The van der Waals surface area contributed by atoms with Gasteiger partial charge in [-0.2, -0.15) is 0 Å². The molecule has 2 aromatic carbocycles. The van der Waals surface area contributed by atoms with Crippen LogP contribution in [0.3, 0.4) is 0 Å². The highest BCUT2D eigenvalue weighted by atomic mass is 16.5. The highest BCUT2D eigenvalue weighted by molar-refractivity contribution is 6.05. The molecular weight excluding hydrogens is 340 g/mol. The maximum atomic E-state index is 13.5. The molecular formula is C22H28N2O3. The van der Waals surface area contributed by atoms with Crippen LogP contribution in [0.1, 0.15) is 54.0 Å². The van der Waals surface area contributed by atoms with Crippen molar-refractivity contribution in [2.45, 2.75) is 46.7 Å². The zero-order valence-corrected chi connectivity index (χ0v) is 16.9. The number of nitrogens with two attached hydrogens (primary N) is 1. The standard InChI is InChI=1S/C22H28N2O3/c1-13(2)24(14(3)4)22(26)20-17(8-7-9-19(20)27-6)18-12-16(21(23)25)11-10-15(18)5/h7-14H,1-6H3,(H2,23,25). The maximum Gasteiger partial charge on any atom is 0.258 e. The van der Waals surface area contributed by atoms with Crippen molar-refractivity contribution < 1.29 is 14.3 Å². The van der Waals surface area contributed by atoms with Gasteiger partial charge < -0.3 is 15.4 Å². The van der Waals surface area contributed by atoms with Gasteiger partial charge >= 0.3 is 0 Å². The summed E-state index contributed by atoms with van der Waals surface area (Å²) in [5, 5.41) is 0. The van der Waals surface area contributed by atoms with E-state index in [0.717, 1.165) is 16.7 Å². The van der Waals surface area contributed by atoms with Gasteiger partial charge in [-0.25, -0.2) is 0 Å². The SMILES string of the molecule is COc1cccc(-c2cc(C(N)=O)ccc2C)c1C(=O)N(C(C)C)C(C)C. The zero-order valence-electron chi connectivity index (χ0n) is 16.9. The summed E-state index contributed by atoms with van der Waals surface area (Å²) in [6.45, 7) is 9.91. The minimum Gasteiger partial charge on any atom is -0.496 e. The van der Waals surface area contributed by atoms with Crippen molar-refractivity contribution in [3.05, 3.63) is 53.1 Å². The summed E-state index contributed by atoms with van der Waals surface area (Å²) in [7, 11) is 1.55. The second kappa shape index (κ2) is 8.25. The predicted molar refractivity (Wildman–Crippen MR) is 108 cm³/mol. The fourth-order valence-corrected chi connectivity index (χ4v) is 3.41. The molecule has 0 aromatic heterocycles. The van der Waals surface area contributed by atoms with Crippen LogP contribution >= 0.6 is 0 Å². The first-order valence-corrected chi connectivity index (χ1v) is 9.09. The van der Waals surface area contributed by atoms with Crippen LogP contribution in [-0.4, -0.2) is 35.9 Å². The molecule has 0 saturated heterocycles. The number of carbonyl (C=O) groups excluding carboxylic acids is 2. The monoisotopic (exact) mass is 368 g/mol. The van der Waals surface area contributed by atoms with E-state index in [1.807, 2.05) is 57.7 Å². The van der Waals surface area contributed by atoms with E-state index in [4.69, 9.17) is 10.5 Å². The molecule has 5 heteroatoms. The second-order valence-electron chi connectivity index (χ2n) is 7.18. The molecule has 0 fully saturated rings. The third-order valence-electron chi connectivity index (χ3n) is 4.62. The number of benzene rings is 2. The highest BCUT2D eigenvalue weighted by Crippen LogP contribution is 2.35. The minimum absolute atomic E-state index is 0.0355. The van der Waals surface area contributed by atoms with Crippen LogP contribution in [0, 0.1) is 6.92 Å². The summed E-state index contributed by atoms with van der Waals surface area (Å²) < 4.78 is 5.52. The van der Waals surface area contributed by atoms with Gasteiger partial charge in [0.05, 0.1) is 12.7 Å². The summed E-state index contributed by atoms with van der Waals surface area (Å²) in [5.41, 5.74) is 8.82. The highest BCUT2D eigenvalue weighted by Gasteiger charge is 2.27. The molecule has 2 amide bonds. The summed E-state index contributed by atoms with van der Waals surface area (Å²) in [4.78, 5) is 27.0. The van der Waals surface area contributed by atoms with Crippen LogP contribution in [0.15, 0.2) is 36.4 Å². The van der Waals surface area contributed by atoms with Crippen molar-refractivity contribution in [1.29, 1.82) is 0 Å². The molecule has 5 nitrogen and oxygen atoms in total. The molecule has 144 valence electrons. The van der Waals surface area contributed by atoms with Crippen molar-refractivity contribution in [3.8, 4) is 16.9 Å². The van der Waals surface area contributed by atoms with Crippen LogP contribution in [0.4, 0.5) is 0 Å². The molecule has 0 spiro atoms. The fraction of sp³-hybridized carbons (Fsp3) is 0.364. The molecule has 27 heavy (non-hydrogen) atoms. The number of aryl methyl sites for hydroxylation is 1. The Labute approximate surface area is 161 Å². The van der Waals surface area contributed by atoms with Crippen LogP contribution in [-0.2, 0) is 0 Å². The van der Waals surface area contributed by atoms with E-state index in [1.165, 1.54) is 0 Å². The van der Waals surface area contributed by atoms with Gasteiger partial charge in [-0.3, -0.25) is 9.59 Å². The van der Waals surface area contributed by atoms with Crippen molar-refractivity contribution in [1.82, 2.24) is 4.90 Å². The number of methoxy groups -OCH3 is 1. The number of hydrogen-bond acceptors (Lipinski definition) is 3.